The number of rotatable bonds is 5. The summed E-state index contributed by atoms with van der Waals surface area (Å²) < 4.78 is 20.3. The van der Waals surface area contributed by atoms with Crippen LogP contribution in [0.15, 0.2) is 57.8 Å². The van der Waals surface area contributed by atoms with Crippen molar-refractivity contribution in [3.05, 3.63) is 74.9 Å². The third kappa shape index (κ3) is 4.24. The highest BCUT2D eigenvalue weighted by Gasteiger charge is 2.17. The summed E-state index contributed by atoms with van der Waals surface area (Å²) in [5, 5.41) is 1.92. The molecule has 1 heterocycles. The van der Waals surface area contributed by atoms with Crippen molar-refractivity contribution in [3.63, 3.8) is 0 Å². The van der Waals surface area contributed by atoms with E-state index in [0.717, 1.165) is 5.69 Å². The first-order chi connectivity index (χ1) is 12.0. The molecule has 0 N–H and O–H groups in total. The number of hydrogen-bond acceptors (Lipinski definition) is 4. The van der Waals surface area contributed by atoms with Crippen LogP contribution in [0.3, 0.4) is 0 Å². The molecule has 25 heavy (non-hydrogen) atoms. The van der Waals surface area contributed by atoms with Crippen molar-refractivity contribution in [1.82, 2.24) is 4.98 Å². The molecular formula is C18H14BrFN2O2S. The van der Waals surface area contributed by atoms with Gasteiger partial charge >= 0.3 is 0 Å². The van der Waals surface area contributed by atoms with Crippen molar-refractivity contribution in [2.75, 3.05) is 11.9 Å². The zero-order chi connectivity index (χ0) is 17.8. The lowest BCUT2D eigenvalue weighted by atomic mass is 10.2. The second-order valence-corrected chi connectivity index (χ2v) is 6.89. The molecule has 0 aliphatic rings. The monoisotopic (exact) mass is 420 g/mol. The minimum atomic E-state index is -0.464. The lowest BCUT2D eigenvalue weighted by Crippen LogP contribution is -2.27. The highest BCUT2D eigenvalue weighted by Crippen LogP contribution is 2.24. The van der Waals surface area contributed by atoms with Crippen molar-refractivity contribution in [2.24, 2.45) is 0 Å². The Morgan fingerprint density at radius 3 is 2.68 bits per heavy atom. The number of thiazole rings is 1. The second kappa shape index (κ2) is 7.76. The Bertz CT molecular complexity index is 869. The van der Waals surface area contributed by atoms with Crippen molar-refractivity contribution in [1.29, 1.82) is 0 Å². The van der Waals surface area contributed by atoms with Crippen LogP contribution < -0.4 is 9.64 Å². The third-order valence-electron chi connectivity index (χ3n) is 3.55. The van der Waals surface area contributed by atoms with Gasteiger partial charge in [0.05, 0.1) is 16.9 Å². The first kappa shape index (κ1) is 17.6. The number of amides is 1. The molecule has 7 heteroatoms. The van der Waals surface area contributed by atoms with Crippen molar-refractivity contribution in [3.8, 4) is 5.75 Å². The van der Waals surface area contributed by atoms with Crippen molar-refractivity contribution >= 4 is 38.9 Å². The number of aromatic nitrogens is 1. The SMILES string of the molecule is CN(C(=O)c1ccc(OCc2cscn2)cc1)c1ccc(Br)cc1F. The van der Waals surface area contributed by atoms with Gasteiger partial charge in [-0.05, 0) is 42.5 Å². The normalized spacial score (nSPS) is 10.5. The predicted molar refractivity (Wildman–Crippen MR) is 99.7 cm³/mol. The van der Waals surface area contributed by atoms with E-state index in [1.54, 1.807) is 49.0 Å². The highest BCUT2D eigenvalue weighted by atomic mass is 79.9. The van der Waals surface area contributed by atoms with Crippen LogP contribution in [0.25, 0.3) is 0 Å². The van der Waals surface area contributed by atoms with Gasteiger partial charge < -0.3 is 9.64 Å². The molecular weight excluding hydrogens is 407 g/mol. The average Bonchev–Trinajstić information content (AvgIpc) is 3.13. The van der Waals surface area contributed by atoms with E-state index < -0.39 is 5.82 Å². The van der Waals surface area contributed by atoms with Crippen molar-refractivity contribution in [2.45, 2.75) is 6.61 Å². The zero-order valence-electron chi connectivity index (χ0n) is 13.3. The minimum Gasteiger partial charge on any atom is -0.487 e. The van der Waals surface area contributed by atoms with Crippen molar-refractivity contribution < 1.29 is 13.9 Å². The number of hydrogen-bond donors (Lipinski definition) is 0. The van der Waals surface area contributed by atoms with Crippen LogP contribution >= 0.6 is 27.3 Å². The van der Waals surface area contributed by atoms with Crippen LogP contribution in [0.4, 0.5) is 10.1 Å². The van der Waals surface area contributed by atoms with Gasteiger partial charge in [0.2, 0.25) is 0 Å². The Balaban J connectivity index is 1.69. The number of halogens is 2. The van der Waals surface area contributed by atoms with Gasteiger partial charge in [-0.1, -0.05) is 15.9 Å². The maximum absolute atomic E-state index is 14.0. The van der Waals surface area contributed by atoms with Crippen LogP contribution in [0.2, 0.25) is 0 Å². The Labute approximate surface area is 157 Å². The quantitative estimate of drug-likeness (QED) is 0.589. The topological polar surface area (TPSA) is 42.4 Å². The molecule has 0 atom stereocenters. The molecule has 3 rings (SSSR count). The molecule has 0 unspecified atom stereocenters. The molecule has 0 bridgehead atoms. The summed E-state index contributed by atoms with van der Waals surface area (Å²) in [5.41, 5.74) is 3.27. The summed E-state index contributed by atoms with van der Waals surface area (Å²) in [6, 6.07) is 11.3. The fraction of sp³-hybridized carbons (Fsp3) is 0.111. The Morgan fingerprint density at radius 2 is 2.04 bits per heavy atom. The highest BCUT2D eigenvalue weighted by molar-refractivity contribution is 9.10. The van der Waals surface area contributed by atoms with E-state index >= 15 is 0 Å². The van der Waals surface area contributed by atoms with Gasteiger partial charge in [0, 0.05) is 22.5 Å². The lowest BCUT2D eigenvalue weighted by Gasteiger charge is -2.18. The predicted octanol–water partition coefficient (Wildman–Crippen LogP) is 4.90. The number of nitrogens with zero attached hydrogens (tertiary/aromatic N) is 2. The summed E-state index contributed by atoms with van der Waals surface area (Å²) >= 11 is 4.71. The van der Waals surface area contributed by atoms with Gasteiger partial charge in [-0.3, -0.25) is 4.79 Å². The summed E-state index contributed by atoms with van der Waals surface area (Å²) in [6.45, 7) is 0.376. The fourth-order valence-electron chi connectivity index (χ4n) is 2.22. The molecule has 3 aromatic rings. The van der Waals surface area contributed by atoms with E-state index in [0.29, 0.717) is 22.4 Å². The smallest absolute Gasteiger partial charge is 0.258 e. The first-order valence-corrected chi connectivity index (χ1v) is 9.11. The Kier molecular flexibility index (Phi) is 5.45. The summed E-state index contributed by atoms with van der Waals surface area (Å²) in [5.74, 6) is -0.122. The van der Waals surface area contributed by atoms with E-state index in [1.807, 2.05) is 5.38 Å². The molecule has 0 aliphatic heterocycles. The van der Waals surface area contributed by atoms with E-state index in [1.165, 1.54) is 22.3 Å². The molecule has 0 radical (unpaired) electrons. The third-order valence-corrected chi connectivity index (χ3v) is 4.68. The number of benzene rings is 2. The number of anilines is 1. The molecule has 0 saturated carbocycles. The lowest BCUT2D eigenvalue weighted by molar-refractivity contribution is 0.0992. The van der Waals surface area contributed by atoms with Crippen LogP contribution in [0.5, 0.6) is 5.75 Å². The summed E-state index contributed by atoms with van der Waals surface area (Å²) in [6.07, 6.45) is 0. The minimum absolute atomic E-state index is 0.219. The maximum Gasteiger partial charge on any atom is 0.258 e. The molecule has 0 fully saturated rings. The average molecular weight is 421 g/mol. The maximum atomic E-state index is 14.0. The van der Waals surface area contributed by atoms with E-state index in [2.05, 4.69) is 20.9 Å². The van der Waals surface area contributed by atoms with Gasteiger partial charge in [-0.15, -0.1) is 11.3 Å². The van der Waals surface area contributed by atoms with Crippen LogP contribution in [-0.2, 0) is 6.61 Å². The largest absolute Gasteiger partial charge is 0.487 e. The van der Waals surface area contributed by atoms with E-state index in [4.69, 9.17) is 4.74 Å². The van der Waals surface area contributed by atoms with Gasteiger partial charge in [0.1, 0.15) is 18.2 Å². The Morgan fingerprint density at radius 1 is 1.28 bits per heavy atom. The Hall–Kier alpha value is -2.25. The van der Waals surface area contributed by atoms with E-state index in [9.17, 15) is 9.18 Å². The molecule has 0 spiro atoms. The molecule has 128 valence electrons. The fourth-order valence-corrected chi connectivity index (χ4v) is 3.09. The van der Waals surface area contributed by atoms with Crippen LogP contribution in [-0.4, -0.2) is 17.9 Å². The van der Waals surface area contributed by atoms with E-state index in [-0.39, 0.29) is 11.6 Å². The number of ether oxygens (including phenoxy) is 1. The summed E-state index contributed by atoms with van der Waals surface area (Å²) in [4.78, 5) is 18.0. The molecule has 0 saturated heterocycles. The van der Waals surface area contributed by atoms with Gasteiger partial charge in [-0.25, -0.2) is 9.37 Å². The van der Waals surface area contributed by atoms with Crippen LogP contribution in [0.1, 0.15) is 16.1 Å². The standard InChI is InChI=1S/C18H14BrFN2O2S/c1-22(17-7-4-13(19)8-16(17)20)18(23)12-2-5-15(6-3-12)24-9-14-10-25-11-21-14/h2-8,10-11H,9H2,1H3. The molecule has 1 aromatic heterocycles. The first-order valence-electron chi connectivity index (χ1n) is 7.37. The summed E-state index contributed by atoms with van der Waals surface area (Å²) in [7, 11) is 1.54. The van der Waals surface area contributed by atoms with Gasteiger partial charge in [-0.2, -0.15) is 0 Å². The van der Waals surface area contributed by atoms with Gasteiger partial charge in [0.25, 0.3) is 5.91 Å². The molecule has 0 aliphatic carbocycles. The second-order valence-electron chi connectivity index (χ2n) is 5.25. The molecule has 1 amide bonds. The number of carbonyl (C=O) groups is 1. The van der Waals surface area contributed by atoms with Gasteiger partial charge in [0.15, 0.2) is 0 Å². The number of carbonyl (C=O) groups excluding carboxylic acids is 1. The zero-order valence-corrected chi connectivity index (χ0v) is 15.7. The molecule has 2 aromatic carbocycles. The molecule has 4 nitrogen and oxygen atoms in total. The van der Waals surface area contributed by atoms with Crippen LogP contribution in [0, 0.1) is 5.82 Å².